The van der Waals surface area contributed by atoms with Crippen LogP contribution in [0, 0.1) is 0 Å². The van der Waals surface area contributed by atoms with Gasteiger partial charge in [0.1, 0.15) is 0 Å². The highest BCUT2D eigenvalue weighted by Gasteiger charge is 2.28. The molecule has 2 unspecified atom stereocenters. The first-order chi connectivity index (χ1) is 9.60. The zero-order valence-electron chi connectivity index (χ0n) is 11.1. The second-order valence-electron chi connectivity index (χ2n) is 4.52. The number of hydrogen-bond acceptors (Lipinski definition) is 6. The zero-order valence-corrected chi connectivity index (χ0v) is 11.1. The molecule has 0 radical (unpaired) electrons. The normalized spacial score (nSPS) is 21.9. The topological polar surface area (TPSA) is 118 Å². The number of carboxylic acids is 1. The Morgan fingerprint density at radius 3 is 3.05 bits per heavy atom. The SMILES string of the molecule is COC1CNC(C(=O)NCCn2cc(C(=O)O)nn2)C1. The molecule has 2 atom stereocenters. The zero-order chi connectivity index (χ0) is 14.5. The van der Waals surface area contributed by atoms with E-state index in [2.05, 4.69) is 20.9 Å². The van der Waals surface area contributed by atoms with Crippen molar-refractivity contribution < 1.29 is 19.4 Å². The lowest BCUT2D eigenvalue weighted by molar-refractivity contribution is -0.123. The highest BCUT2D eigenvalue weighted by atomic mass is 16.5. The van der Waals surface area contributed by atoms with Gasteiger partial charge < -0.3 is 20.5 Å². The standard InChI is InChI=1S/C11H17N5O4/c1-20-7-4-8(13-5-7)10(17)12-2-3-16-6-9(11(18)19)14-15-16/h6-8,13H,2-5H2,1H3,(H,12,17)(H,18,19). The Bertz CT molecular complexity index is 489. The summed E-state index contributed by atoms with van der Waals surface area (Å²) in [7, 11) is 1.62. The monoisotopic (exact) mass is 283 g/mol. The predicted octanol–water partition coefficient (Wildman–Crippen LogP) is -1.53. The van der Waals surface area contributed by atoms with Gasteiger partial charge in [-0.2, -0.15) is 0 Å². The maximum absolute atomic E-state index is 11.8. The molecule has 1 aromatic heterocycles. The van der Waals surface area contributed by atoms with Crippen molar-refractivity contribution in [3.05, 3.63) is 11.9 Å². The molecule has 0 aromatic carbocycles. The molecule has 1 aliphatic rings. The smallest absolute Gasteiger partial charge is 0.358 e. The fourth-order valence-electron chi connectivity index (χ4n) is 2.01. The lowest BCUT2D eigenvalue weighted by Crippen LogP contribution is -2.41. The quantitative estimate of drug-likeness (QED) is 0.579. The number of aromatic carboxylic acids is 1. The summed E-state index contributed by atoms with van der Waals surface area (Å²) in [6, 6.07) is -0.245. The summed E-state index contributed by atoms with van der Waals surface area (Å²) in [4.78, 5) is 22.5. The van der Waals surface area contributed by atoms with Crippen LogP contribution < -0.4 is 10.6 Å². The summed E-state index contributed by atoms with van der Waals surface area (Å²) < 4.78 is 6.55. The number of nitrogens with one attached hydrogen (secondary N) is 2. The summed E-state index contributed by atoms with van der Waals surface area (Å²) in [6.45, 7) is 1.39. The minimum Gasteiger partial charge on any atom is -0.476 e. The van der Waals surface area contributed by atoms with E-state index < -0.39 is 5.97 Å². The van der Waals surface area contributed by atoms with Gasteiger partial charge in [-0.15, -0.1) is 5.10 Å². The third kappa shape index (κ3) is 3.52. The van der Waals surface area contributed by atoms with Crippen molar-refractivity contribution in [3.63, 3.8) is 0 Å². The molecule has 9 heteroatoms. The minimum atomic E-state index is -1.12. The van der Waals surface area contributed by atoms with Crippen LogP contribution in [0.25, 0.3) is 0 Å². The first-order valence-electron chi connectivity index (χ1n) is 6.27. The lowest BCUT2D eigenvalue weighted by Gasteiger charge is -2.11. The molecule has 0 bridgehead atoms. The fraction of sp³-hybridized carbons (Fsp3) is 0.636. The van der Waals surface area contributed by atoms with Crippen LogP contribution >= 0.6 is 0 Å². The Morgan fingerprint density at radius 1 is 1.65 bits per heavy atom. The van der Waals surface area contributed by atoms with E-state index in [1.807, 2.05) is 0 Å². The molecule has 1 fully saturated rings. The lowest BCUT2D eigenvalue weighted by atomic mass is 10.2. The van der Waals surface area contributed by atoms with E-state index in [0.717, 1.165) is 0 Å². The first-order valence-corrected chi connectivity index (χ1v) is 6.27. The van der Waals surface area contributed by atoms with Crippen molar-refractivity contribution in [1.29, 1.82) is 0 Å². The molecule has 0 spiro atoms. The Hall–Kier alpha value is -2.00. The molecule has 2 heterocycles. The summed E-state index contributed by atoms with van der Waals surface area (Å²) in [6.07, 6.45) is 2.04. The summed E-state index contributed by atoms with van der Waals surface area (Å²) >= 11 is 0. The third-order valence-corrected chi connectivity index (χ3v) is 3.14. The van der Waals surface area contributed by atoms with Gasteiger partial charge in [0.2, 0.25) is 5.91 Å². The molecule has 1 aliphatic heterocycles. The van der Waals surface area contributed by atoms with Crippen LogP contribution in [0.5, 0.6) is 0 Å². The van der Waals surface area contributed by atoms with Crippen LogP contribution in [0.15, 0.2) is 6.20 Å². The molecule has 1 aromatic rings. The van der Waals surface area contributed by atoms with Gasteiger partial charge in [0.05, 0.1) is 24.9 Å². The van der Waals surface area contributed by atoms with E-state index in [9.17, 15) is 9.59 Å². The number of carboxylic acid groups (broad SMARTS) is 1. The van der Waals surface area contributed by atoms with Gasteiger partial charge in [0, 0.05) is 20.2 Å². The van der Waals surface area contributed by atoms with Crippen LogP contribution in [0.3, 0.4) is 0 Å². The number of carbonyl (C=O) groups excluding carboxylic acids is 1. The Labute approximate surface area is 115 Å². The van der Waals surface area contributed by atoms with Crippen molar-refractivity contribution in [2.24, 2.45) is 0 Å². The van der Waals surface area contributed by atoms with Gasteiger partial charge in [-0.1, -0.05) is 5.21 Å². The van der Waals surface area contributed by atoms with Crippen molar-refractivity contribution >= 4 is 11.9 Å². The van der Waals surface area contributed by atoms with Crippen molar-refractivity contribution in [2.45, 2.75) is 25.1 Å². The Balaban J connectivity index is 1.72. The average molecular weight is 283 g/mol. The summed E-state index contributed by atoms with van der Waals surface area (Å²) in [5.41, 5.74) is -0.114. The van der Waals surface area contributed by atoms with Gasteiger partial charge in [-0.05, 0) is 6.42 Å². The van der Waals surface area contributed by atoms with Gasteiger partial charge in [0.25, 0.3) is 0 Å². The highest BCUT2D eigenvalue weighted by Crippen LogP contribution is 2.09. The molecule has 0 saturated carbocycles. The first kappa shape index (κ1) is 14.4. The third-order valence-electron chi connectivity index (χ3n) is 3.14. The number of carbonyl (C=O) groups is 2. The molecule has 9 nitrogen and oxygen atoms in total. The maximum atomic E-state index is 11.8. The molecule has 1 saturated heterocycles. The van der Waals surface area contributed by atoms with Crippen LogP contribution in [-0.4, -0.2) is 64.3 Å². The summed E-state index contributed by atoms with van der Waals surface area (Å²) in [5.74, 6) is -1.22. The van der Waals surface area contributed by atoms with E-state index in [-0.39, 0.29) is 23.7 Å². The van der Waals surface area contributed by atoms with Gasteiger partial charge in [-0.25, -0.2) is 9.48 Å². The highest BCUT2D eigenvalue weighted by molar-refractivity contribution is 5.84. The minimum absolute atomic E-state index is 0.0687. The largest absolute Gasteiger partial charge is 0.476 e. The van der Waals surface area contributed by atoms with Crippen molar-refractivity contribution in [2.75, 3.05) is 20.2 Å². The van der Waals surface area contributed by atoms with E-state index in [1.54, 1.807) is 7.11 Å². The van der Waals surface area contributed by atoms with Gasteiger partial charge in [-0.3, -0.25) is 4.79 Å². The van der Waals surface area contributed by atoms with Crippen molar-refractivity contribution in [1.82, 2.24) is 25.6 Å². The second-order valence-corrected chi connectivity index (χ2v) is 4.52. The number of rotatable bonds is 6. The van der Waals surface area contributed by atoms with E-state index in [4.69, 9.17) is 9.84 Å². The van der Waals surface area contributed by atoms with Crippen LogP contribution in [-0.2, 0) is 16.1 Å². The van der Waals surface area contributed by atoms with E-state index >= 15 is 0 Å². The molecule has 1 amide bonds. The van der Waals surface area contributed by atoms with E-state index in [0.29, 0.717) is 26.1 Å². The van der Waals surface area contributed by atoms with Gasteiger partial charge >= 0.3 is 5.97 Å². The van der Waals surface area contributed by atoms with Gasteiger partial charge in [0.15, 0.2) is 5.69 Å². The molecular weight excluding hydrogens is 266 g/mol. The number of methoxy groups -OCH3 is 1. The summed E-state index contributed by atoms with van der Waals surface area (Å²) in [5, 5.41) is 21.7. The Morgan fingerprint density at radius 2 is 2.45 bits per heavy atom. The Kier molecular flexibility index (Phi) is 4.64. The number of aromatic nitrogens is 3. The van der Waals surface area contributed by atoms with Crippen molar-refractivity contribution in [3.8, 4) is 0 Å². The van der Waals surface area contributed by atoms with Crippen LogP contribution in [0.1, 0.15) is 16.9 Å². The van der Waals surface area contributed by atoms with Crippen LogP contribution in [0.2, 0.25) is 0 Å². The fourth-order valence-corrected chi connectivity index (χ4v) is 2.01. The molecule has 3 N–H and O–H groups in total. The molecular formula is C11H17N5O4. The number of hydrogen-bond donors (Lipinski definition) is 3. The molecule has 110 valence electrons. The predicted molar refractivity (Wildman–Crippen MR) is 67.2 cm³/mol. The number of amides is 1. The number of nitrogens with zero attached hydrogens (tertiary/aromatic N) is 3. The van der Waals surface area contributed by atoms with E-state index in [1.165, 1.54) is 10.9 Å². The molecule has 20 heavy (non-hydrogen) atoms. The average Bonchev–Trinajstić information content (AvgIpc) is 3.07. The van der Waals surface area contributed by atoms with Crippen LogP contribution in [0.4, 0.5) is 0 Å². The molecule has 0 aliphatic carbocycles. The second kappa shape index (κ2) is 6.44. The maximum Gasteiger partial charge on any atom is 0.358 e. The molecule has 2 rings (SSSR count). The number of ether oxygens (including phenoxy) is 1.